The van der Waals surface area contributed by atoms with Crippen molar-refractivity contribution in [1.29, 1.82) is 0 Å². The van der Waals surface area contributed by atoms with Gasteiger partial charge in [-0.25, -0.2) is 4.39 Å². The second kappa shape index (κ2) is 11.0. The van der Waals surface area contributed by atoms with Gasteiger partial charge in [-0.05, 0) is 54.8 Å². The number of halogens is 1. The summed E-state index contributed by atoms with van der Waals surface area (Å²) >= 11 is 0. The van der Waals surface area contributed by atoms with Gasteiger partial charge in [0.15, 0.2) is 0 Å². The summed E-state index contributed by atoms with van der Waals surface area (Å²) in [5.74, 6) is -1.39. The number of carbonyl (C=O) groups is 2. The van der Waals surface area contributed by atoms with E-state index >= 15 is 0 Å². The monoisotopic (exact) mass is 482 g/mol. The number of aryl methyl sites for hydroxylation is 1. The molecule has 0 bridgehead atoms. The third-order valence-electron chi connectivity index (χ3n) is 6.40. The number of ketones is 1. The van der Waals surface area contributed by atoms with Crippen molar-refractivity contribution in [3.63, 3.8) is 0 Å². The summed E-state index contributed by atoms with van der Waals surface area (Å²) in [6.45, 7) is 8.06. The van der Waals surface area contributed by atoms with Crippen molar-refractivity contribution in [2.75, 3.05) is 46.0 Å². The van der Waals surface area contributed by atoms with E-state index in [0.29, 0.717) is 49.8 Å². The third kappa shape index (κ3) is 5.39. The van der Waals surface area contributed by atoms with Gasteiger partial charge in [0.25, 0.3) is 11.7 Å². The lowest BCUT2D eigenvalue weighted by Gasteiger charge is -2.31. The number of hydrogen-bond donors (Lipinski definition) is 1. The predicted molar refractivity (Wildman–Crippen MR) is 130 cm³/mol. The van der Waals surface area contributed by atoms with Crippen LogP contribution in [0.1, 0.15) is 36.1 Å². The van der Waals surface area contributed by atoms with Crippen LogP contribution in [-0.4, -0.2) is 72.6 Å². The van der Waals surface area contributed by atoms with Crippen molar-refractivity contribution in [2.24, 2.45) is 0 Å². The largest absolute Gasteiger partial charge is 0.507 e. The van der Waals surface area contributed by atoms with Gasteiger partial charge in [-0.3, -0.25) is 14.5 Å². The van der Waals surface area contributed by atoms with E-state index < -0.39 is 23.5 Å². The topological polar surface area (TPSA) is 79.3 Å². The Bertz CT molecular complexity index is 1110. The molecule has 2 aromatic rings. The van der Waals surface area contributed by atoms with Gasteiger partial charge in [0.1, 0.15) is 17.3 Å². The highest BCUT2D eigenvalue weighted by Gasteiger charge is 2.46. The van der Waals surface area contributed by atoms with Crippen LogP contribution in [0.5, 0.6) is 5.75 Å². The van der Waals surface area contributed by atoms with Crippen LogP contribution in [0, 0.1) is 12.7 Å². The molecule has 8 heteroatoms. The van der Waals surface area contributed by atoms with Gasteiger partial charge >= 0.3 is 0 Å². The van der Waals surface area contributed by atoms with Crippen molar-refractivity contribution in [3.8, 4) is 5.75 Å². The van der Waals surface area contributed by atoms with E-state index in [9.17, 15) is 19.1 Å². The molecule has 2 saturated heterocycles. The Hall–Kier alpha value is -3.23. The van der Waals surface area contributed by atoms with Crippen LogP contribution in [0.2, 0.25) is 0 Å². The zero-order valence-electron chi connectivity index (χ0n) is 20.1. The average molecular weight is 483 g/mol. The fourth-order valence-electron chi connectivity index (χ4n) is 4.50. The molecule has 0 aromatic heterocycles. The van der Waals surface area contributed by atoms with Gasteiger partial charge < -0.3 is 19.5 Å². The van der Waals surface area contributed by atoms with Crippen molar-refractivity contribution in [3.05, 3.63) is 70.5 Å². The molecule has 2 aliphatic heterocycles. The second-order valence-electron chi connectivity index (χ2n) is 8.83. The average Bonchev–Trinajstić information content (AvgIpc) is 3.12. The normalized spacial score (nSPS) is 20.4. The molecule has 4 rings (SSSR count). The van der Waals surface area contributed by atoms with Crippen molar-refractivity contribution < 1.29 is 28.6 Å². The molecule has 0 saturated carbocycles. The Balaban J connectivity index is 1.71. The molecule has 1 unspecified atom stereocenters. The summed E-state index contributed by atoms with van der Waals surface area (Å²) < 4.78 is 24.8. The summed E-state index contributed by atoms with van der Waals surface area (Å²) in [5.41, 5.74) is 1.80. The zero-order valence-corrected chi connectivity index (χ0v) is 20.1. The van der Waals surface area contributed by atoms with Crippen molar-refractivity contribution in [2.45, 2.75) is 26.3 Å². The van der Waals surface area contributed by atoms with Gasteiger partial charge in [0.2, 0.25) is 0 Å². The van der Waals surface area contributed by atoms with Crippen LogP contribution >= 0.6 is 0 Å². The molecule has 2 fully saturated rings. The molecule has 35 heavy (non-hydrogen) atoms. The SMILES string of the molecule is CCCOc1ccc(/C(O)=C2\C(=O)C(=O)N(CCN3CCOCC3)C2c2ccc(F)cc2)cc1C. The minimum atomic E-state index is -0.812. The first-order valence-corrected chi connectivity index (χ1v) is 12.0. The summed E-state index contributed by atoms with van der Waals surface area (Å²) in [4.78, 5) is 29.9. The Labute approximate surface area is 204 Å². The summed E-state index contributed by atoms with van der Waals surface area (Å²) in [6.07, 6.45) is 0.868. The lowest BCUT2D eigenvalue weighted by molar-refractivity contribution is -0.140. The number of aliphatic hydroxyl groups excluding tert-OH is 1. The van der Waals surface area contributed by atoms with E-state index in [2.05, 4.69) is 4.90 Å². The molecule has 1 N–H and O–H groups in total. The van der Waals surface area contributed by atoms with Crippen LogP contribution in [0.15, 0.2) is 48.0 Å². The van der Waals surface area contributed by atoms with Crippen LogP contribution in [0.25, 0.3) is 5.76 Å². The summed E-state index contributed by atoms with van der Waals surface area (Å²) in [7, 11) is 0. The molecule has 0 aliphatic carbocycles. The lowest BCUT2D eigenvalue weighted by Crippen LogP contribution is -2.42. The number of aliphatic hydroxyl groups is 1. The van der Waals surface area contributed by atoms with Crippen molar-refractivity contribution in [1.82, 2.24) is 9.80 Å². The van der Waals surface area contributed by atoms with Gasteiger partial charge in [-0.1, -0.05) is 19.1 Å². The number of ether oxygens (including phenoxy) is 2. The Morgan fingerprint density at radius 3 is 2.49 bits per heavy atom. The maximum Gasteiger partial charge on any atom is 0.295 e. The standard InChI is InChI=1S/C27H31FN2O5/c1-3-14-35-22-9-6-20(17-18(22)2)25(31)23-24(19-4-7-21(28)8-5-19)30(27(33)26(23)32)11-10-29-12-15-34-16-13-29/h4-9,17,24,31H,3,10-16H2,1-2H3/b25-23+. The maximum absolute atomic E-state index is 13.7. The van der Waals surface area contributed by atoms with Crippen LogP contribution in [0.4, 0.5) is 4.39 Å². The van der Waals surface area contributed by atoms with E-state index in [1.54, 1.807) is 30.3 Å². The molecular formula is C27H31FN2O5. The van der Waals surface area contributed by atoms with Gasteiger partial charge in [0, 0.05) is 31.7 Å². The van der Waals surface area contributed by atoms with Crippen LogP contribution in [0.3, 0.4) is 0 Å². The molecule has 1 atom stereocenters. The summed E-state index contributed by atoms with van der Waals surface area (Å²) in [6, 6.07) is 10.0. The quantitative estimate of drug-likeness (QED) is 0.351. The number of morpholine rings is 1. The minimum absolute atomic E-state index is 0.00483. The van der Waals surface area contributed by atoms with Crippen LogP contribution < -0.4 is 4.74 Å². The number of rotatable bonds is 8. The number of Topliss-reactive ketones (excluding diaryl/α,β-unsaturated/α-hetero) is 1. The lowest BCUT2D eigenvalue weighted by atomic mass is 9.94. The highest BCUT2D eigenvalue weighted by atomic mass is 19.1. The first-order valence-electron chi connectivity index (χ1n) is 12.0. The second-order valence-corrected chi connectivity index (χ2v) is 8.83. The molecular weight excluding hydrogens is 451 g/mol. The fraction of sp³-hybridized carbons (Fsp3) is 0.407. The third-order valence-corrected chi connectivity index (χ3v) is 6.40. The highest BCUT2D eigenvalue weighted by molar-refractivity contribution is 6.46. The van der Waals surface area contributed by atoms with E-state index in [-0.39, 0.29) is 11.3 Å². The highest BCUT2D eigenvalue weighted by Crippen LogP contribution is 2.39. The Morgan fingerprint density at radius 2 is 1.83 bits per heavy atom. The number of amides is 1. The number of hydrogen-bond acceptors (Lipinski definition) is 6. The maximum atomic E-state index is 13.7. The number of likely N-dealkylation sites (tertiary alicyclic amines) is 1. The minimum Gasteiger partial charge on any atom is -0.507 e. The number of benzene rings is 2. The van der Waals surface area contributed by atoms with Crippen LogP contribution in [-0.2, 0) is 14.3 Å². The molecule has 1 amide bonds. The van der Waals surface area contributed by atoms with Gasteiger partial charge in [0.05, 0.1) is 31.4 Å². The smallest absolute Gasteiger partial charge is 0.295 e. The molecule has 0 spiro atoms. The molecule has 2 heterocycles. The Morgan fingerprint density at radius 1 is 1.11 bits per heavy atom. The molecule has 0 radical (unpaired) electrons. The fourth-order valence-corrected chi connectivity index (χ4v) is 4.50. The zero-order chi connectivity index (χ0) is 24.9. The van der Waals surface area contributed by atoms with E-state index in [1.807, 2.05) is 13.8 Å². The van der Waals surface area contributed by atoms with Crippen molar-refractivity contribution >= 4 is 17.4 Å². The van der Waals surface area contributed by atoms with Gasteiger partial charge in [-0.2, -0.15) is 0 Å². The van der Waals surface area contributed by atoms with E-state index in [1.165, 1.54) is 17.0 Å². The first-order chi connectivity index (χ1) is 16.9. The first kappa shape index (κ1) is 24.9. The molecule has 2 aromatic carbocycles. The van der Waals surface area contributed by atoms with Gasteiger partial charge in [-0.15, -0.1) is 0 Å². The Kier molecular flexibility index (Phi) is 7.83. The van der Waals surface area contributed by atoms with E-state index in [4.69, 9.17) is 9.47 Å². The van der Waals surface area contributed by atoms with E-state index in [0.717, 1.165) is 25.1 Å². The predicted octanol–water partition coefficient (Wildman–Crippen LogP) is 3.68. The molecule has 2 aliphatic rings. The number of nitrogens with zero attached hydrogens (tertiary/aromatic N) is 2. The number of carbonyl (C=O) groups excluding carboxylic acids is 2. The molecule has 7 nitrogen and oxygen atoms in total. The summed E-state index contributed by atoms with van der Waals surface area (Å²) in [5, 5.41) is 11.3. The molecule has 186 valence electrons.